The van der Waals surface area contributed by atoms with E-state index in [1.807, 2.05) is 10.9 Å². The first-order valence-electron chi connectivity index (χ1n) is 6.40. The van der Waals surface area contributed by atoms with Crippen LogP contribution < -0.4 is 5.32 Å². The zero-order chi connectivity index (χ0) is 11.4. The summed E-state index contributed by atoms with van der Waals surface area (Å²) in [6.45, 7) is 6.62. The molecule has 4 heteroatoms. The maximum absolute atomic E-state index is 4.13. The third-order valence-electron chi connectivity index (χ3n) is 3.35. The summed E-state index contributed by atoms with van der Waals surface area (Å²) in [6.07, 6.45) is 6.71. The van der Waals surface area contributed by atoms with Crippen LogP contribution in [0.5, 0.6) is 0 Å². The van der Waals surface area contributed by atoms with Crippen LogP contribution >= 0.6 is 0 Å². The lowest BCUT2D eigenvalue weighted by molar-refractivity contribution is 0.321. The topological polar surface area (TPSA) is 42.7 Å². The van der Waals surface area contributed by atoms with Gasteiger partial charge in [0, 0.05) is 19.0 Å². The van der Waals surface area contributed by atoms with Crippen LogP contribution in [0.3, 0.4) is 0 Å². The first-order valence-corrected chi connectivity index (χ1v) is 6.40. The first kappa shape index (κ1) is 11.6. The minimum Gasteiger partial charge on any atom is -0.313 e. The molecule has 0 radical (unpaired) electrons. The lowest BCUT2D eigenvalue weighted by atomic mass is 9.94. The maximum atomic E-state index is 4.13. The third kappa shape index (κ3) is 2.82. The largest absolute Gasteiger partial charge is 0.313 e. The van der Waals surface area contributed by atoms with Gasteiger partial charge in [0.2, 0.25) is 0 Å². The summed E-state index contributed by atoms with van der Waals surface area (Å²) in [6, 6.07) is 0.616. The molecule has 1 saturated heterocycles. The van der Waals surface area contributed by atoms with E-state index in [9.17, 15) is 0 Å². The van der Waals surface area contributed by atoms with E-state index in [0.29, 0.717) is 6.04 Å². The summed E-state index contributed by atoms with van der Waals surface area (Å²) in [5.74, 6) is 0.829. The molecule has 0 amide bonds. The molecule has 1 N–H and O–H groups in total. The van der Waals surface area contributed by atoms with Gasteiger partial charge in [-0.3, -0.25) is 0 Å². The summed E-state index contributed by atoms with van der Waals surface area (Å²) in [5.41, 5.74) is 1.27. The summed E-state index contributed by atoms with van der Waals surface area (Å²) in [5, 5.41) is 11.7. The van der Waals surface area contributed by atoms with Crippen LogP contribution in [-0.2, 0) is 13.0 Å². The molecule has 0 aromatic carbocycles. The highest BCUT2D eigenvalue weighted by Crippen LogP contribution is 2.16. The van der Waals surface area contributed by atoms with Crippen molar-refractivity contribution < 1.29 is 0 Å². The van der Waals surface area contributed by atoms with Gasteiger partial charge in [-0.2, -0.15) is 0 Å². The van der Waals surface area contributed by atoms with Crippen molar-refractivity contribution in [2.75, 3.05) is 6.54 Å². The summed E-state index contributed by atoms with van der Waals surface area (Å²) < 4.78 is 2.04. The van der Waals surface area contributed by atoms with Crippen molar-refractivity contribution in [3.05, 3.63) is 11.9 Å². The molecule has 1 aromatic heterocycles. The standard InChI is InChI=1S/C12H22N4/c1-3-6-16-12(9-14-15-16)7-11-5-4-10(2)8-13-11/h9-11,13H,3-8H2,1-2H3. The van der Waals surface area contributed by atoms with Crippen LogP contribution in [0.4, 0.5) is 0 Å². The predicted octanol–water partition coefficient (Wildman–Crippen LogP) is 1.62. The van der Waals surface area contributed by atoms with E-state index < -0.39 is 0 Å². The normalized spacial score (nSPS) is 25.9. The van der Waals surface area contributed by atoms with Crippen LogP contribution in [0.25, 0.3) is 0 Å². The molecule has 0 aliphatic carbocycles. The molecular weight excluding hydrogens is 200 g/mol. The van der Waals surface area contributed by atoms with Crippen molar-refractivity contribution in [1.29, 1.82) is 0 Å². The van der Waals surface area contributed by atoms with Gasteiger partial charge in [-0.25, -0.2) is 4.68 Å². The Labute approximate surface area is 97.4 Å². The number of nitrogens with one attached hydrogen (secondary N) is 1. The first-order chi connectivity index (χ1) is 7.79. The summed E-state index contributed by atoms with van der Waals surface area (Å²) in [4.78, 5) is 0. The molecule has 1 aromatic rings. The van der Waals surface area contributed by atoms with Gasteiger partial charge in [-0.05, 0) is 31.7 Å². The average Bonchev–Trinajstić information content (AvgIpc) is 2.70. The molecule has 1 aliphatic rings. The van der Waals surface area contributed by atoms with Gasteiger partial charge in [0.05, 0.1) is 11.9 Å². The number of rotatable bonds is 4. The SMILES string of the molecule is CCCn1nncc1CC1CCC(C)CN1. The molecule has 0 saturated carbocycles. The molecule has 2 atom stereocenters. The van der Waals surface area contributed by atoms with Crippen LogP contribution in [0.15, 0.2) is 6.20 Å². The van der Waals surface area contributed by atoms with Gasteiger partial charge in [-0.15, -0.1) is 5.10 Å². The van der Waals surface area contributed by atoms with Gasteiger partial charge in [-0.1, -0.05) is 19.1 Å². The number of piperidine rings is 1. The lowest BCUT2D eigenvalue weighted by Gasteiger charge is -2.27. The average molecular weight is 222 g/mol. The Bertz CT molecular complexity index is 313. The second-order valence-corrected chi connectivity index (χ2v) is 4.94. The Morgan fingerprint density at radius 3 is 3.06 bits per heavy atom. The van der Waals surface area contributed by atoms with Crippen molar-refractivity contribution >= 4 is 0 Å². The minimum absolute atomic E-state index is 0.616. The fourth-order valence-electron chi connectivity index (χ4n) is 2.32. The number of hydrogen-bond donors (Lipinski definition) is 1. The molecule has 1 fully saturated rings. The zero-order valence-corrected chi connectivity index (χ0v) is 10.3. The Balaban J connectivity index is 1.90. The van der Waals surface area contributed by atoms with Gasteiger partial charge < -0.3 is 5.32 Å². The van der Waals surface area contributed by atoms with E-state index in [4.69, 9.17) is 0 Å². The number of hydrogen-bond acceptors (Lipinski definition) is 3. The van der Waals surface area contributed by atoms with E-state index in [2.05, 4.69) is 29.5 Å². The lowest BCUT2D eigenvalue weighted by Crippen LogP contribution is -2.39. The Kier molecular flexibility index (Phi) is 3.93. The second kappa shape index (κ2) is 5.43. The fraction of sp³-hybridized carbons (Fsp3) is 0.833. The molecular formula is C12H22N4. The van der Waals surface area contributed by atoms with E-state index in [1.54, 1.807) is 0 Å². The van der Waals surface area contributed by atoms with Crippen molar-refractivity contribution in [2.24, 2.45) is 5.92 Å². The van der Waals surface area contributed by atoms with Crippen molar-refractivity contribution in [3.63, 3.8) is 0 Å². The van der Waals surface area contributed by atoms with Crippen LogP contribution in [-0.4, -0.2) is 27.6 Å². The molecule has 1 aliphatic heterocycles. The molecule has 4 nitrogen and oxygen atoms in total. The van der Waals surface area contributed by atoms with Crippen molar-refractivity contribution in [3.8, 4) is 0 Å². The van der Waals surface area contributed by atoms with Crippen LogP contribution in [0.2, 0.25) is 0 Å². The zero-order valence-electron chi connectivity index (χ0n) is 10.3. The van der Waals surface area contributed by atoms with Crippen molar-refractivity contribution in [1.82, 2.24) is 20.3 Å². The van der Waals surface area contributed by atoms with E-state index in [-0.39, 0.29) is 0 Å². The second-order valence-electron chi connectivity index (χ2n) is 4.94. The maximum Gasteiger partial charge on any atom is 0.0725 e. The Morgan fingerprint density at radius 1 is 1.50 bits per heavy atom. The molecule has 90 valence electrons. The molecule has 0 bridgehead atoms. The number of aromatic nitrogens is 3. The smallest absolute Gasteiger partial charge is 0.0725 e. The fourth-order valence-corrected chi connectivity index (χ4v) is 2.32. The van der Waals surface area contributed by atoms with E-state index in [0.717, 1.165) is 31.8 Å². The van der Waals surface area contributed by atoms with Gasteiger partial charge >= 0.3 is 0 Å². The van der Waals surface area contributed by atoms with E-state index in [1.165, 1.54) is 18.5 Å². The third-order valence-corrected chi connectivity index (χ3v) is 3.35. The number of aryl methyl sites for hydroxylation is 1. The van der Waals surface area contributed by atoms with Gasteiger partial charge in [0.25, 0.3) is 0 Å². The van der Waals surface area contributed by atoms with Crippen molar-refractivity contribution in [2.45, 2.75) is 52.1 Å². The number of nitrogens with zero attached hydrogens (tertiary/aromatic N) is 3. The quantitative estimate of drug-likeness (QED) is 0.842. The monoisotopic (exact) mass is 222 g/mol. The minimum atomic E-state index is 0.616. The molecule has 0 spiro atoms. The molecule has 2 unspecified atom stereocenters. The summed E-state index contributed by atoms with van der Waals surface area (Å²) in [7, 11) is 0. The molecule has 16 heavy (non-hydrogen) atoms. The Hall–Kier alpha value is -0.900. The van der Waals surface area contributed by atoms with Crippen LogP contribution in [0, 0.1) is 5.92 Å². The van der Waals surface area contributed by atoms with E-state index >= 15 is 0 Å². The highest BCUT2D eigenvalue weighted by molar-refractivity contribution is 4.98. The predicted molar refractivity (Wildman–Crippen MR) is 64.2 cm³/mol. The summed E-state index contributed by atoms with van der Waals surface area (Å²) >= 11 is 0. The Morgan fingerprint density at radius 2 is 2.38 bits per heavy atom. The van der Waals surface area contributed by atoms with Gasteiger partial charge in [0.15, 0.2) is 0 Å². The van der Waals surface area contributed by atoms with Crippen LogP contribution in [0.1, 0.15) is 38.8 Å². The highest BCUT2D eigenvalue weighted by Gasteiger charge is 2.19. The molecule has 2 heterocycles. The highest BCUT2D eigenvalue weighted by atomic mass is 15.4. The van der Waals surface area contributed by atoms with Gasteiger partial charge in [0.1, 0.15) is 0 Å². The molecule has 2 rings (SSSR count).